The van der Waals surface area contributed by atoms with Crippen molar-refractivity contribution in [3.63, 3.8) is 0 Å². The van der Waals surface area contributed by atoms with Crippen LogP contribution in [0.25, 0.3) is 0 Å². The molecule has 3 atom stereocenters. The number of carbonyl (C=O) groups is 2. The third kappa shape index (κ3) is 7.31. The van der Waals surface area contributed by atoms with Crippen molar-refractivity contribution < 1.29 is 23.1 Å². The molecule has 0 aromatic rings. The fourth-order valence-electron chi connectivity index (χ4n) is 2.54. The van der Waals surface area contributed by atoms with Gasteiger partial charge < -0.3 is 15.7 Å². The summed E-state index contributed by atoms with van der Waals surface area (Å²) in [5, 5.41) is 14.1. The van der Waals surface area contributed by atoms with Crippen LogP contribution in [0.3, 0.4) is 0 Å². The van der Waals surface area contributed by atoms with Crippen molar-refractivity contribution in [3.8, 4) is 0 Å². The molecule has 7 nitrogen and oxygen atoms in total. The molecule has 3 N–H and O–H groups in total. The zero-order valence-electron chi connectivity index (χ0n) is 12.5. The summed E-state index contributed by atoms with van der Waals surface area (Å²) in [6, 6.07) is -1.69. The monoisotopic (exact) mass is 320 g/mol. The Kier molecular flexibility index (Phi) is 6.44. The Hall–Kier alpha value is -1.31. The third-order valence-corrected chi connectivity index (χ3v) is 4.63. The highest BCUT2D eigenvalue weighted by atomic mass is 32.2. The van der Waals surface area contributed by atoms with Gasteiger partial charge in [-0.2, -0.15) is 0 Å². The summed E-state index contributed by atoms with van der Waals surface area (Å²) < 4.78 is 22.2. The van der Waals surface area contributed by atoms with E-state index in [-0.39, 0.29) is 18.2 Å². The molecule has 1 aliphatic rings. The van der Waals surface area contributed by atoms with Crippen LogP contribution in [0.4, 0.5) is 4.79 Å². The maximum absolute atomic E-state index is 11.8. The van der Waals surface area contributed by atoms with Gasteiger partial charge in [-0.1, -0.05) is 19.8 Å². The number of urea groups is 1. The fraction of sp³-hybridized carbons (Fsp3) is 0.846. The summed E-state index contributed by atoms with van der Waals surface area (Å²) in [6.07, 6.45) is 4.86. The summed E-state index contributed by atoms with van der Waals surface area (Å²) in [4.78, 5) is 22.9. The molecule has 0 heterocycles. The van der Waals surface area contributed by atoms with E-state index in [1.807, 2.05) is 0 Å². The number of rotatable bonds is 6. The molecular formula is C13H24N2O5S. The van der Waals surface area contributed by atoms with Crippen molar-refractivity contribution in [1.29, 1.82) is 0 Å². The number of amides is 2. The van der Waals surface area contributed by atoms with Gasteiger partial charge in [0.25, 0.3) is 0 Å². The Morgan fingerprint density at radius 3 is 2.52 bits per heavy atom. The fourth-order valence-corrected chi connectivity index (χ4v) is 3.20. The summed E-state index contributed by atoms with van der Waals surface area (Å²) in [5.41, 5.74) is 0. The van der Waals surface area contributed by atoms with Crippen molar-refractivity contribution in [2.45, 2.75) is 51.1 Å². The van der Waals surface area contributed by atoms with Gasteiger partial charge in [-0.25, -0.2) is 18.0 Å². The van der Waals surface area contributed by atoms with Crippen molar-refractivity contribution in [2.24, 2.45) is 5.92 Å². The standard InChI is InChI=1S/C13H24N2O5S/c1-9-4-3-5-10(8-9)14-13(18)15-11(12(16)17)6-7-21(2,19)20/h9-11H,3-8H2,1-2H3,(H,16,17)(H2,14,15,18). The minimum absolute atomic E-state index is 0.0538. The second-order valence-electron chi connectivity index (χ2n) is 5.90. The number of sulfone groups is 1. The van der Waals surface area contributed by atoms with Crippen LogP contribution in [0.15, 0.2) is 0 Å². The number of aliphatic carboxylic acids is 1. The van der Waals surface area contributed by atoms with Gasteiger partial charge in [-0.05, 0) is 25.2 Å². The van der Waals surface area contributed by atoms with Crippen molar-refractivity contribution in [2.75, 3.05) is 12.0 Å². The molecule has 0 bridgehead atoms. The number of nitrogens with one attached hydrogen (secondary N) is 2. The van der Waals surface area contributed by atoms with E-state index >= 15 is 0 Å². The van der Waals surface area contributed by atoms with E-state index in [4.69, 9.17) is 5.11 Å². The van der Waals surface area contributed by atoms with Gasteiger partial charge in [0.1, 0.15) is 15.9 Å². The number of hydrogen-bond acceptors (Lipinski definition) is 4. The first kappa shape index (κ1) is 17.7. The second kappa shape index (κ2) is 7.63. The van der Waals surface area contributed by atoms with Gasteiger partial charge in [0.2, 0.25) is 0 Å². The van der Waals surface area contributed by atoms with Gasteiger partial charge in [0.15, 0.2) is 0 Å². The molecule has 3 unspecified atom stereocenters. The maximum atomic E-state index is 11.8. The predicted molar refractivity (Wildman–Crippen MR) is 78.8 cm³/mol. The lowest BCUT2D eigenvalue weighted by atomic mass is 9.87. The first-order valence-corrected chi connectivity index (χ1v) is 9.21. The number of carboxylic acid groups (broad SMARTS) is 1. The molecule has 2 amide bonds. The van der Waals surface area contributed by atoms with E-state index < -0.39 is 27.9 Å². The van der Waals surface area contributed by atoms with Crippen molar-refractivity contribution in [1.82, 2.24) is 10.6 Å². The van der Waals surface area contributed by atoms with Crippen LogP contribution < -0.4 is 10.6 Å². The second-order valence-corrected chi connectivity index (χ2v) is 8.16. The van der Waals surface area contributed by atoms with Crippen LogP contribution in [0.2, 0.25) is 0 Å². The van der Waals surface area contributed by atoms with Crippen molar-refractivity contribution in [3.05, 3.63) is 0 Å². The predicted octanol–water partition coefficient (Wildman–Crippen LogP) is 0.752. The smallest absolute Gasteiger partial charge is 0.326 e. The molecule has 0 aromatic heterocycles. The third-order valence-electron chi connectivity index (χ3n) is 3.65. The molecule has 1 aliphatic carbocycles. The van der Waals surface area contributed by atoms with E-state index in [2.05, 4.69) is 17.6 Å². The zero-order valence-corrected chi connectivity index (χ0v) is 13.3. The van der Waals surface area contributed by atoms with E-state index in [0.29, 0.717) is 5.92 Å². The first-order chi connectivity index (χ1) is 9.67. The van der Waals surface area contributed by atoms with E-state index in [1.54, 1.807) is 0 Å². The lowest BCUT2D eigenvalue weighted by Gasteiger charge is -2.28. The van der Waals surface area contributed by atoms with E-state index in [9.17, 15) is 18.0 Å². The molecule has 1 saturated carbocycles. The number of carboxylic acids is 1. The number of hydrogen-bond donors (Lipinski definition) is 3. The molecule has 0 aromatic carbocycles. The zero-order chi connectivity index (χ0) is 16.0. The Labute approximate surface area is 125 Å². The Bertz CT molecular complexity index is 477. The van der Waals surface area contributed by atoms with Crippen LogP contribution in [-0.4, -0.2) is 49.6 Å². The van der Waals surface area contributed by atoms with Crippen molar-refractivity contribution >= 4 is 21.8 Å². The highest BCUT2D eigenvalue weighted by Crippen LogP contribution is 2.23. The highest BCUT2D eigenvalue weighted by molar-refractivity contribution is 7.90. The SMILES string of the molecule is CC1CCCC(NC(=O)NC(CCS(C)(=O)=O)C(=O)O)C1. The summed E-state index contributed by atoms with van der Waals surface area (Å²) in [7, 11) is -3.26. The number of carbonyl (C=O) groups excluding carboxylic acids is 1. The Balaban J connectivity index is 2.46. The summed E-state index contributed by atoms with van der Waals surface area (Å²) >= 11 is 0. The van der Waals surface area contributed by atoms with Gasteiger partial charge in [0.05, 0.1) is 5.75 Å². The van der Waals surface area contributed by atoms with Crippen LogP contribution in [0.5, 0.6) is 0 Å². The first-order valence-electron chi connectivity index (χ1n) is 7.15. The van der Waals surface area contributed by atoms with Crippen LogP contribution in [0, 0.1) is 5.92 Å². The van der Waals surface area contributed by atoms with E-state index in [0.717, 1.165) is 31.9 Å². The maximum Gasteiger partial charge on any atom is 0.326 e. The Morgan fingerprint density at radius 2 is 2.00 bits per heavy atom. The molecule has 122 valence electrons. The lowest BCUT2D eigenvalue weighted by Crippen LogP contribution is -2.50. The molecule has 8 heteroatoms. The topological polar surface area (TPSA) is 113 Å². The molecule has 0 aliphatic heterocycles. The molecule has 1 fully saturated rings. The lowest BCUT2D eigenvalue weighted by molar-refractivity contribution is -0.139. The summed E-state index contributed by atoms with van der Waals surface area (Å²) in [5.74, 6) is -0.958. The van der Waals surface area contributed by atoms with E-state index in [1.165, 1.54) is 0 Å². The van der Waals surface area contributed by atoms with Gasteiger partial charge in [0, 0.05) is 12.3 Å². The molecular weight excluding hydrogens is 296 g/mol. The normalized spacial score (nSPS) is 24.1. The van der Waals surface area contributed by atoms with Crippen LogP contribution in [0.1, 0.15) is 39.0 Å². The average molecular weight is 320 g/mol. The van der Waals surface area contributed by atoms with Gasteiger partial charge in [-0.15, -0.1) is 0 Å². The molecule has 0 spiro atoms. The highest BCUT2D eigenvalue weighted by Gasteiger charge is 2.24. The molecule has 0 radical (unpaired) electrons. The Morgan fingerprint density at radius 1 is 1.33 bits per heavy atom. The summed E-state index contributed by atoms with van der Waals surface area (Å²) in [6.45, 7) is 2.12. The van der Waals surface area contributed by atoms with Gasteiger partial charge in [-0.3, -0.25) is 0 Å². The quantitative estimate of drug-likeness (QED) is 0.668. The average Bonchev–Trinajstić information content (AvgIpc) is 2.32. The van der Waals surface area contributed by atoms with Crippen LogP contribution in [-0.2, 0) is 14.6 Å². The molecule has 0 saturated heterocycles. The minimum atomic E-state index is -3.26. The largest absolute Gasteiger partial charge is 0.480 e. The molecule has 21 heavy (non-hydrogen) atoms. The minimum Gasteiger partial charge on any atom is -0.480 e. The van der Waals surface area contributed by atoms with Crippen LogP contribution >= 0.6 is 0 Å². The van der Waals surface area contributed by atoms with Gasteiger partial charge >= 0.3 is 12.0 Å². The molecule has 1 rings (SSSR count).